The van der Waals surface area contributed by atoms with Gasteiger partial charge in [-0.15, -0.1) is 0 Å². The molecule has 2 aromatic carbocycles. The zero-order chi connectivity index (χ0) is 37.2. The van der Waals surface area contributed by atoms with Crippen molar-refractivity contribution in [1.82, 2.24) is 0 Å². The predicted molar refractivity (Wildman–Crippen MR) is 192 cm³/mol. The summed E-state index contributed by atoms with van der Waals surface area (Å²) in [6, 6.07) is 14.5. The third-order valence-corrected chi connectivity index (χ3v) is 8.04. The van der Waals surface area contributed by atoms with Gasteiger partial charge in [-0.2, -0.15) is 0 Å². The van der Waals surface area contributed by atoms with Gasteiger partial charge in [-0.3, -0.25) is 19.2 Å². The number of carboxylic acids is 3. The number of carbonyl (C=O) groups excluding carboxylic acids is 1. The molecule has 3 rings (SSSR count). The second kappa shape index (κ2) is 21.0. The predicted octanol–water partition coefficient (Wildman–Crippen LogP) is 2.56. The number of nitrogens with zero attached hydrogens (tertiary/aromatic N) is 4. The number of Topliss-reactive ketones (excluding diaryl/α,β-unsaturated/α-hetero) is 1. The van der Waals surface area contributed by atoms with Crippen molar-refractivity contribution in [2.45, 2.75) is 20.8 Å². The molecule has 0 bridgehead atoms. The summed E-state index contributed by atoms with van der Waals surface area (Å²) in [6.45, 7) is 8.55. The van der Waals surface area contributed by atoms with E-state index in [0.29, 0.717) is 96.1 Å². The quantitative estimate of drug-likeness (QED) is 0.292. The van der Waals surface area contributed by atoms with Crippen LogP contribution in [0.3, 0.4) is 0 Å². The Morgan fingerprint density at radius 2 is 0.863 bits per heavy atom. The summed E-state index contributed by atoms with van der Waals surface area (Å²) in [5.74, 6) is -3.39. The van der Waals surface area contributed by atoms with Crippen LogP contribution in [0.2, 0.25) is 0 Å². The Morgan fingerprint density at radius 3 is 1.18 bits per heavy atom. The van der Waals surface area contributed by atoms with Crippen LogP contribution in [0, 0.1) is 5.41 Å². The number of benzene rings is 2. The standard InChI is InChI=1S/C36H52N4O11/c1-36(2,3)32(41)24-39(25-33(42)43)30-10-6-4-8-28(30)37-12-16-48-20-22-50-18-14-38(15-19-51-23-21-49-17-13-37)29-9-5-7-11-31(29)40(26-34(44)45)27-35(46)47/h4-11H,12-27H2,1-3H3,(H,42,43)(H,44,45)(H,46,47). The molecule has 0 amide bonds. The number of carboxylic acid groups (broad SMARTS) is 3. The summed E-state index contributed by atoms with van der Waals surface area (Å²) >= 11 is 0. The molecule has 282 valence electrons. The van der Waals surface area contributed by atoms with Gasteiger partial charge in [0.15, 0.2) is 5.78 Å². The van der Waals surface area contributed by atoms with Gasteiger partial charge in [-0.1, -0.05) is 45.0 Å². The largest absolute Gasteiger partial charge is 0.480 e. The zero-order valence-electron chi connectivity index (χ0n) is 29.8. The number of aliphatic carboxylic acids is 3. The molecule has 0 unspecified atom stereocenters. The molecule has 0 aromatic heterocycles. The molecular formula is C36H52N4O11. The fourth-order valence-corrected chi connectivity index (χ4v) is 5.40. The van der Waals surface area contributed by atoms with Crippen molar-refractivity contribution in [3.63, 3.8) is 0 Å². The molecule has 3 N–H and O–H groups in total. The van der Waals surface area contributed by atoms with Crippen LogP contribution in [0.15, 0.2) is 48.5 Å². The van der Waals surface area contributed by atoms with E-state index in [1.54, 1.807) is 17.0 Å². The first-order valence-electron chi connectivity index (χ1n) is 17.0. The van der Waals surface area contributed by atoms with E-state index in [2.05, 4.69) is 4.90 Å². The lowest BCUT2D eigenvalue weighted by molar-refractivity contribution is -0.137. The minimum atomic E-state index is -1.14. The highest BCUT2D eigenvalue weighted by Crippen LogP contribution is 2.31. The van der Waals surface area contributed by atoms with Crippen LogP contribution in [0.4, 0.5) is 22.7 Å². The smallest absolute Gasteiger partial charge is 0.323 e. The van der Waals surface area contributed by atoms with E-state index in [1.807, 2.05) is 62.1 Å². The van der Waals surface area contributed by atoms with Crippen LogP contribution in [0.1, 0.15) is 20.8 Å². The molecule has 51 heavy (non-hydrogen) atoms. The lowest BCUT2D eigenvalue weighted by Crippen LogP contribution is -2.40. The van der Waals surface area contributed by atoms with E-state index in [-0.39, 0.29) is 18.9 Å². The van der Waals surface area contributed by atoms with Crippen molar-refractivity contribution < 1.29 is 53.4 Å². The molecular weight excluding hydrogens is 664 g/mol. The Bertz CT molecular complexity index is 1380. The topological polar surface area (TPSA) is 179 Å². The van der Waals surface area contributed by atoms with Gasteiger partial charge in [-0.05, 0) is 24.3 Å². The number of rotatable bonds is 12. The van der Waals surface area contributed by atoms with E-state index >= 15 is 0 Å². The second-order valence-corrected chi connectivity index (χ2v) is 13.0. The van der Waals surface area contributed by atoms with E-state index < -0.39 is 36.4 Å². The SMILES string of the molecule is CC(C)(C)C(=O)CN(CC(=O)O)c1ccccc1N1CCOCCOCCN(c2ccccc2N(CC(=O)O)CC(=O)O)CCOCCOCC1. The summed E-state index contributed by atoms with van der Waals surface area (Å²) in [6.07, 6.45) is 0. The van der Waals surface area contributed by atoms with Gasteiger partial charge >= 0.3 is 17.9 Å². The molecule has 0 radical (unpaired) electrons. The van der Waals surface area contributed by atoms with Crippen LogP contribution in [-0.4, -0.2) is 144 Å². The number of hydrogen-bond donors (Lipinski definition) is 3. The first kappa shape index (κ1) is 41.0. The third kappa shape index (κ3) is 14.4. The van der Waals surface area contributed by atoms with E-state index in [4.69, 9.17) is 18.9 Å². The van der Waals surface area contributed by atoms with E-state index in [9.17, 15) is 34.5 Å². The van der Waals surface area contributed by atoms with Gasteiger partial charge in [-0.25, -0.2) is 0 Å². The maximum atomic E-state index is 13.0. The highest BCUT2D eigenvalue weighted by atomic mass is 16.5. The Kier molecular flexibility index (Phi) is 16.9. The molecule has 1 aliphatic heterocycles. The number of hydrogen-bond acceptors (Lipinski definition) is 12. The normalized spacial score (nSPS) is 16.1. The highest BCUT2D eigenvalue weighted by Gasteiger charge is 2.27. The zero-order valence-corrected chi connectivity index (χ0v) is 29.8. The lowest BCUT2D eigenvalue weighted by atomic mass is 9.90. The van der Waals surface area contributed by atoms with Gasteiger partial charge in [0.05, 0.1) is 82.1 Å². The first-order chi connectivity index (χ1) is 24.4. The van der Waals surface area contributed by atoms with Gasteiger partial charge < -0.3 is 53.9 Å². The van der Waals surface area contributed by atoms with Crippen molar-refractivity contribution in [2.75, 3.05) is 125 Å². The summed E-state index contributed by atoms with van der Waals surface area (Å²) in [4.78, 5) is 54.9. The lowest BCUT2D eigenvalue weighted by Gasteiger charge is -2.33. The summed E-state index contributed by atoms with van der Waals surface area (Å²) < 4.78 is 23.6. The average Bonchev–Trinajstić information content (AvgIpc) is 3.06. The second-order valence-electron chi connectivity index (χ2n) is 13.0. The first-order valence-corrected chi connectivity index (χ1v) is 17.0. The molecule has 1 heterocycles. The van der Waals surface area contributed by atoms with E-state index in [1.165, 1.54) is 4.90 Å². The molecule has 1 fully saturated rings. The van der Waals surface area contributed by atoms with E-state index in [0.717, 1.165) is 5.69 Å². The van der Waals surface area contributed by atoms with Crippen LogP contribution < -0.4 is 19.6 Å². The van der Waals surface area contributed by atoms with Gasteiger partial charge in [0.25, 0.3) is 0 Å². The molecule has 2 aromatic rings. The van der Waals surface area contributed by atoms with Gasteiger partial charge in [0.2, 0.25) is 0 Å². The summed E-state index contributed by atoms with van der Waals surface area (Å²) in [7, 11) is 0. The maximum Gasteiger partial charge on any atom is 0.323 e. The number of para-hydroxylation sites is 4. The highest BCUT2D eigenvalue weighted by molar-refractivity contribution is 5.91. The Hall–Kier alpha value is -4.44. The minimum absolute atomic E-state index is 0.0474. The fourth-order valence-electron chi connectivity index (χ4n) is 5.40. The number of anilines is 4. The Morgan fingerprint density at radius 1 is 0.549 bits per heavy atom. The molecule has 15 nitrogen and oxygen atoms in total. The third-order valence-electron chi connectivity index (χ3n) is 8.04. The molecule has 0 aliphatic carbocycles. The van der Waals surface area contributed by atoms with Crippen LogP contribution >= 0.6 is 0 Å². The molecule has 1 saturated heterocycles. The minimum Gasteiger partial charge on any atom is -0.480 e. The van der Waals surface area contributed by atoms with Gasteiger partial charge in [0, 0.05) is 31.6 Å². The molecule has 0 spiro atoms. The summed E-state index contributed by atoms with van der Waals surface area (Å²) in [5.41, 5.74) is 1.91. The van der Waals surface area contributed by atoms with Crippen molar-refractivity contribution in [3.8, 4) is 0 Å². The Labute approximate surface area is 299 Å². The van der Waals surface area contributed by atoms with Crippen LogP contribution in [0.25, 0.3) is 0 Å². The van der Waals surface area contributed by atoms with Crippen LogP contribution in [0.5, 0.6) is 0 Å². The van der Waals surface area contributed by atoms with Crippen molar-refractivity contribution in [2.24, 2.45) is 5.41 Å². The number of ketones is 1. The molecule has 15 heteroatoms. The maximum absolute atomic E-state index is 13.0. The van der Waals surface area contributed by atoms with Crippen molar-refractivity contribution in [1.29, 1.82) is 0 Å². The number of ether oxygens (including phenoxy) is 4. The molecule has 0 saturated carbocycles. The fraction of sp³-hybridized carbons (Fsp3) is 0.556. The summed E-state index contributed by atoms with van der Waals surface area (Å²) in [5, 5.41) is 28.6. The Balaban J connectivity index is 1.71. The number of carbonyl (C=O) groups is 4. The van der Waals surface area contributed by atoms with Crippen molar-refractivity contribution in [3.05, 3.63) is 48.5 Å². The molecule has 1 aliphatic rings. The average molecular weight is 717 g/mol. The monoisotopic (exact) mass is 716 g/mol. The molecule has 0 atom stereocenters. The van der Waals surface area contributed by atoms with Gasteiger partial charge in [0.1, 0.15) is 19.6 Å². The van der Waals surface area contributed by atoms with Crippen LogP contribution in [-0.2, 0) is 38.1 Å². The van der Waals surface area contributed by atoms with Crippen molar-refractivity contribution >= 4 is 46.4 Å².